The smallest absolute Gasteiger partial charge is 0.335 e. The highest BCUT2D eigenvalue weighted by Crippen LogP contribution is 2.34. The molecule has 0 aromatic rings. The molecule has 0 spiro atoms. The van der Waals surface area contributed by atoms with Crippen LogP contribution in [0, 0.1) is 5.92 Å². The zero-order valence-electron chi connectivity index (χ0n) is 27.1. The summed E-state index contributed by atoms with van der Waals surface area (Å²) in [5.74, 6) is -3.74. The molecule has 15 atom stereocenters. The van der Waals surface area contributed by atoms with E-state index >= 15 is 0 Å². The van der Waals surface area contributed by atoms with Crippen LogP contribution in [-0.4, -0.2) is 178 Å². The standard InChI is InChI=1S/C28H50N4O16/c1-9(2)17-11(33)12(34)20(23(44-17)26(41)42)46-28-16(38)14(36)19(22(48-28)25(40)32-8-6-30)45-27-15(37)13(35)18(43-10(3)4)21(47-27)24(39)31-7-5-29/h9-23,27-28,33-38H,5-8,29-30H2,1-4H3,(H,31,39)(H,32,40)(H,41,42)/t11?,12-,13-,14-,15?,16?,17+,18+,19+,20+,21?,22?,23?,27-,28-/m1/s1. The molecule has 0 bridgehead atoms. The third-order valence-electron chi connectivity index (χ3n) is 8.03. The summed E-state index contributed by atoms with van der Waals surface area (Å²) in [7, 11) is 0. The summed E-state index contributed by atoms with van der Waals surface area (Å²) in [5, 5.41) is 80.3. The average molecular weight is 699 g/mol. The molecular weight excluding hydrogens is 648 g/mol. The Kier molecular flexibility index (Phi) is 14.8. The highest BCUT2D eigenvalue weighted by atomic mass is 16.7. The fraction of sp³-hybridized carbons (Fsp3) is 0.893. The van der Waals surface area contributed by atoms with Crippen LogP contribution in [0.1, 0.15) is 27.7 Å². The molecule has 0 aromatic carbocycles. The van der Waals surface area contributed by atoms with Crippen LogP contribution in [0.15, 0.2) is 0 Å². The maximum Gasteiger partial charge on any atom is 0.335 e. The number of carboxylic acids is 1. The topological polar surface area (TPSA) is 324 Å². The molecule has 20 nitrogen and oxygen atoms in total. The van der Waals surface area contributed by atoms with E-state index in [1.807, 2.05) is 0 Å². The van der Waals surface area contributed by atoms with Crippen molar-refractivity contribution >= 4 is 17.8 Å². The number of amides is 2. The predicted molar refractivity (Wildman–Crippen MR) is 158 cm³/mol. The van der Waals surface area contributed by atoms with Crippen LogP contribution in [0.5, 0.6) is 0 Å². The van der Waals surface area contributed by atoms with Crippen LogP contribution >= 0.6 is 0 Å². The first-order valence-electron chi connectivity index (χ1n) is 15.7. The van der Waals surface area contributed by atoms with E-state index in [0.717, 1.165) is 0 Å². The third kappa shape index (κ3) is 9.14. The lowest BCUT2D eigenvalue weighted by atomic mass is 9.89. The van der Waals surface area contributed by atoms with E-state index in [1.165, 1.54) is 0 Å². The monoisotopic (exact) mass is 698 g/mol. The molecule has 0 aromatic heterocycles. The Labute approximate surface area is 276 Å². The van der Waals surface area contributed by atoms with Crippen molar-refractivity contribution in [3.8, 4) is 0 Å². The average Bonchev–Trinajstić information content (AvgIpc) is 3.03. The van der Waals surface area contributed by atoms with Gasteiger partial charge in [0.05, 0.1) is 12.2 Å². The SMILES string of the molecule is CC(C)O[C@@H]1C(C(=O)NCCN)O[C@@H](O[C@@H]2C(C(=O)NCCN)O[C@@H](O[C@@H]3C(C(=O)O)O[C@@H](C(C)C)C(O)[C@H]3O)C(O)[C@H]2O)C(O)[C@H]1O. The zero-order chi connectivity index (χ0) is 36.0. The number of nitrogens with one attached hydrogen (secondary N) is 2. The second-order valence-electron chi connectivity index (χ2n) is 12.4. The van der Waals surface area contributed by atoms with Gasteiger partial charge in [-0.2, -0.15) is 0 Å². The van der Waals surface area contributed by atoms with Gasteiger partial charge in [-0.25, -0.2) is 4.79 Å². The predicted octanol–water partition coefficient (Wildman–Crippen LogP) is -6.18. The van der Waals surface area contributed by atoms with Crippen molar-refractivity contribution in [2.75, 3.05) is 26.2 Å². The minimum Gasteiger partial charge on any atom is -0.479 e. The Morgan fingerprint density at radius 2 is 1.06 bits per heavy atom. The molecular formula is C28H50N4O16. The summed E-state index contributed by atoms with van der Waals surface area (Å²) < 4.78 is 33.8. The van der Waals surface area contributed by atoms with Gasteiger partial charge in [0.1, 0.15) is 54.9 Å². The van der Waals surface area contributed by atoms with E-state index in [1.54, 1.807) is 27.7 Å². The molecule has 3 aliphatic heterocycles. The first-order valence-corrected chi connectivity index (χ1v) is 15.7. The van der Waals surface area contributed by atoms with E-state index in [4.69, 9.17) is 39.9 Å². The molecule has 2 amide bonds. The number of nitrogens with two attached hydrogens (primary N) is 2. The van der Waals surface area contributed by atoms with E-state index in [9.17, 15) is 50.1 Å². The minimum absolute atomic E-state index is 0.0244. The van der Waals surface area contributed by atoms with Crippen LogP contribution in [0.25, 0.3) is 0 Å². The van der Waals surface area contributed by atoms with Crippen molar-refractivity contribution in [2.45, 2.75) is 126 Å². The second-order valence-corrected chi connectivity index (χ2v) is 12.4. The van der Waals surface area contributed by atoms with Gasteiger partial charge in [-0.15, -0.1) is 0 Å². The lowest BCUT2D eigenvalue weighted by Crippen LogP contribution is -2.69. The highest BCUT2D eigenvalue weighted by Gasteiger charge is 2.57. The Bertz CT molecular complexity index is 1070. The molecule has 48 heavy (non-hydrogen) atoms. The van der Waals surface area contributed by atoms with Crippen molar-refractivity contribution < 1.29 is 78.6 Å². The van der Waals surface area contributed by atoms with Gasteiger partial charge >= 0.3 is 5.97 Å². The van der Waals surface area contributed by atoms with Gasteiger partial charge in [-0.1, -0.05) is 13.8 Å². The van der Waals surface area contributed by atoms with E-state index in [-0.39, 0.29) is 26.2 Å². The van der Waals surface area contributed by atoms with Gasteiger partial charge < -0.3 is 86.3 Å². The van der Waals surface area contributed by atoms with Gasteiger partial charge in [0.15, 0.2) is 30.9 Å². The Morgan fingerprint density at radius 3 is 1.48 bits per heavy atom. The first-order chi connectivity index (χ1) is 22.5. The molecule has 3 aliphatic rings. The summed E-state index contributed by atoms with van der Waals surface area (Å²) >= 11 is 0. The number of rotatable bonds is 14. The fourth-order valence-electron chi connectivity index (χ4n) is 5.64. The summed E-state index contributed by atoms with van der Waals surface area (Å²) in [6.07, 6.45) is -27.4. The lowest BCUT2D eigenvalue weighted by molar-refractivity contribution is -0.364. The molecule has 6 unspecified atom stereocenters. The first kappa shape index (κ1) is 40.3. The van der Waals surface area contributed by atoms with Gasteiger partial charge in [-0.3, -0.25) is 9.59 Å². The lowest BCUT2D eigenvalue weighted by Gasteiger charge is -2.48. The molecule has 3 fully saturated rings. The Hall–Kier alpha value is -2.15. The number of carboxylic acid groups (broad SMARTS) is 1. The van der Waals surface area contributed by atoms with E-state index in [2.05, 4.69) is 10.6 Å². The minimum atomic E-state index is -2.11. The quantitative estimate of drug-likeness (QED) is 0.0804. The van der Waals surface area contributed by atoms with Gasteiger partial charge in [0, 0.05) is 26.2 Å². The number of aliphatic hydroxyl groups excluding tert-OH is 6. The Morgan fingerprint density at radius 1 is 0.646 bits per heavy atom. The third-order valence-corrected chi connectivity index (χ3v) is 8.03. The fourth-order valence-corrected chi connectivity index (χ4v) is 5.64. The highest BCUT2D eigenvalue weighted by molar-refractivity contribution is 5.82. The summed E-state index contributed by atoms with van der Waals surface area (Å²) in [4.78, 5) is 38.2. The molecule has 3 rings (SSSR count). The van der Waals surface area contributed by atoms with Gasteiger partial charge in [0.2, 0.25) is 0 Å². The molecule has 13 N–H and O–H groups in total. The van der Waals surface area contributed by atoms with Crippen molar-refractivity contribution in [2.24, 2.45) is 17.4 Å². The number of aliphatic hydroxyl groups is 6. The molecule has 0 radical (unpaired) electrons. The van der Waals surface area contributed by atoms with Crippen LogP contribution in [0.2, 0.25) is 0 Å². The van der Waals surface area contributed by atoms with Gasteiger partial charge in [-0.05, 0) is 19.8 Å². The van der Waals surface area contributed by atoms with Crippen molar-refractivity contribution in [3.05, 3.63) is 0 Å². The Balaban J connectivity index is 1.90. The number of ether oxygens (including phenoxy) is 6. The van der Waals surface area contributed by atoms with Crippen LogP contribution < -0.4 is 22.1 Å². The maximum atomic E-state index is 13.2. The van der Waals surface area contributed by atoms with Crippen LogP contribution in [-0.2, 0) is 42.8 Å². The summed E-state index contributed by atoms with van der Waals surface area (Å²) in [6.45, 7) is 6.50. The summed E-state index contributed by atoms with van der Waals surface area (Å²) in [5.41, 5.74) is 11.0. The van der Waals surface area contributed by atoms with E-state index < -0.39 is 122 Å². The number of carbonyl (C=O) groups excluding carboxylic acids is 2. The van der Waals surface area contributed by atoms with Crippen molar-refractivity contribution in [3.63, 3.8) is 0 Å². The molecule has 0 aliphatic carbocycles. The number of hydrogen-bond donors (Lipinski definition) is 11. The van der Waals surface area contributed by atoms with Crippen molar-refractivity contribution in [1.29, 1.82) is 0 Å². The van der Waals surface area contributed by atoms with Crippen molar-refractivity contribution in [1.82, 2.24) is 10.6 Å². The van der Waals surface area contributed by atoms with E-state index in [0.29, 0.717) is 0 Å². The van der Waals surface area contributed by atoms with Gasteiger partial charge in [0.25, 0.3) is 11.8 Å². The zero-order valence-corrected chi connectivity index (χ0v) is 27.1. The molecule has 20 heteroatoms. The number of aliphatic carboxylic acids is 1. The molecule has 278 valence electrons. The molecule has 0 saturated carbocycles. The van der Waals surface area contributed by atoms with Crippen LogP contribution in [0.4, 0.5) is 0 Å². The normalized spacial score (nSPS) is 40.5. The second kappa shape index (κ2) is 17.7. The van der Waals surface area contributed by atoms with Crippen LogP contribution in [0.3, 0.4) is 0 Å². The number of hydrogen-bond acceptors (Lipinski definition) is 17. The maximum absolute atomic E-state index is 13.2. The number of carbonyl (C=O) groups is 3. The largest absolute Gasteiger partial charge is 0.479 e. The molecule has 3 heterocycles. The molecule has 3 saturated heterocycles. The summed E-state index contributed by atoms with van der Waals surface area (Å²) in [6, 6.07) is 0.